The minimum Gasteiger partial charge on any atom is -0.387 e. The van der Waals surface area contributed by atoms with Gasteiger partial charge in [-0.1, -0.05) is 12.1 Å². The van der Waals surface area contributed by atoms with E-state index in [-0.39, 0.29) is 12.4 Å². The summed E-state index contributed by atoms with van der Waals surface area (Å²) in [6.45, 7) is 3.46. The quantitative estimate of drug-likeness (QED) is 0.728. The first kappa shape index (κ1) is 10.2. The smallest absolute Gasteiger partial charge is 0.129 e. The summed E-state index contributed by atoms with van der Waals surface area (Å²) in [6, 6.07) is 3.36. The second-order valence-corrected chi connectivity index (χ2v) is 3.16. The Balaban J connectivity index is 3.18. The third-order valence-corrected chi connectivity index (χ3v) is 2.20. The highest BCUT2D eigenvalue weighted by atomic mass is 19.1. The Morgan fingerprint density at radius 2 is 2.08 bits per heavy atom. The SMILES string of the molecule is Cc1ccc(C(O)CN)c(C)c1F. The molecular formula is C10H14FNO. The first-order chi connectivity index (χ1) is 6.07. The highest BCUT2D eigenvalue weighted by Gasteiger charge is 2.12. The molecule has 13 heavy (non-hydrogen) atoms. The fourth-order valence-corrected chi connectivity index (χ4v) is 1.32. The van der Waals surface area contributed by atoms with Gasteiger partial charge < -0.3 is 10.8 Å². The van der Waals surface area contributed by atoms with Gasteiger partial charge in [0.25, 0.3) is 0 Å². The molecule has 0 aromatic heterocycles. The second-order valence-electron chi connectivity index (χ2n) is 3.16. The van der Waals surface area contributed by atoms with Gasteiger partial charge in [-0.3, -0.25) is 0 Å². The molecule has 2 nitrogen and oxygen atoms in total. The molecule has 0 heterocycles. The van der Waals surface area contributed by atoms with Crippen LogP contribution in [0.25, 0.3) is 0 Å². The van der Waals surface area contributed by atoms with Crippen LogP contribution in [0, 0.1) is 19.7 Å². The third-order valence-electron chi connectivity index (χ3n) is 2.20. The van der Waals surface area contributed by atoms with Crippen molar-refractivity contribution in [1.82, 2.24) is 0 Å². The average Bonchev–Trinajstić information content (AvgIpc) is 2.13. The van der Waals surface area contributed by atoms with Crippen molar-refractivity contribution in [3.8, 4) is 0 Å². The van der Waals surface area contributed by atoms with Gasteiger partial charge in [0.15, 0.2) is 0 Å². The van der Waals surface area contributed by atoms with E-state index >= 15 is 0 Å². The first-order valence-corrected chi connectivity index (χ1v) is 4.21. The van der Waals surface area contributed by atoms with E-state index in [1.165, 1.54) is 0 Å². The van der Waals surface area contributed by atoms with E-state index in [4.69, 9.17) is 5.73 Å². The molecule has 1 atom stereocenters. The largest absolute Gasteiger partial charge is 0.387 e. The molecule has 1 unspecified atom stereocenters. The number of nitrogens with two attached hydrogens (primary N) is 1. The number of aliphatic hydroxyl groups is 1. The van der Waals surface area contributed by atoms with Gasteiger partial charge in [0.05, 0.1) is 6.10 Å². The minimum atomic E-state index is -0.768. The summed E-state index contributed by atoms with van der Waals surface area (Å²) >= 11 is 0. The van der Waals surface area contributed by atoms with Gasteiger partial charge in [0.1, 0.15) is 5.82 Å². The van der Waals surface area contributed by atoms with Gasteiger partial charge >= 0.3 is 0 Å². The molecule has 1 aromatic carbocycles. The Bertz CT molecular complexity index is 312. The van der Waals surface area contributed by atoms with E-state index < -0.39 is 6.10 Å². The van der Waals surface area contributed by atoms with Gasteiger partial charge in [-0.2, -0.15) is 0 Å². The molecule has 1 aromatic rings. The van der Waals surface area contributed by atoms with E-state index in [1.54, 1.807) is 26.0 Å². The van der Waals surface area contributed by atoms with Crippen molar-refractivity contribution in [2.24, 2.45) is 5.73 Å². The van der Waals surface area contributed by atoms with Gasteiger partial charge in [-0.25, -0.2) is 4.39 Å². The van der Waals surface area contributed by atoms with Crippen molar-refractivity contribution in [1.29, 1.82) is 0 Å². The number of hydrogen-bond acceptors (Lipinski definition) is 2. The van der Waals surface area contributed by atoms with Crippen LogP contribution < -0.4 is 5.73 Å². The number of halogens is 1. The average molecular weight is 183 g/mol. The summed E-state index contributed by atoms with van der Waals surface area (Å²) < 4.78 is 13.3. The summed E-state index contributed by atoms with van der Waals surface area (Å²) in [6.07, 6.45) is -0.768. The fourth-order valence-electron chi connectivity index (χ4n) is 1.32. The van der Waals surface area contributed by atoms with E-state index in [1.807, 2.05) is 0 Å². The number of hydrogen-bond donors (Lipinski definition) is 2. The third kappa shape index (κ3) is 1.87. The van der Waals surface area contributed by atoms with Crippen LogP contribution in [0.2, 0.25) is 0 Å². The van der Waals surface area contributed by atoms with Crippen molar-refractivity contribution in [2.45, 2.75) is 20.0 Å². The lowest BCUT2D eigenvalue weighted by atomic mass is 10.0. The van der Waals surface area contributed by atoms with Crippen LogP contribution in [0.15, 0.2) is 12.1 Å². The fraction of sp³-hybridized carbons (Fsp3) is 0.400. The Hall–Kier alpha value is -0.930. The highest BCUT2D eigenvalue weighted by Crippen LogP contribution is 2.21. The predicted octanol–water partition coefficient (Wildman–Crippen LogP) is 1.43. The minimum absolute atomic E-state index is 0.114. The van der Waals surface area contributed by atoms with Crippen molar-refractivity contribution in [2.75, 3.05) is 6.54 Å². The lowest BCUT2D eigenvalue weighted by Crippen LogP contribution is -2.13. The van der Waals surface area contributed by atoms with Crippen LogP contribution in [-0.4, -0.2) is 11.7 Å². The lowest BCUT2D eigenvalue weighted by molar-refractivity contribution is 0.185. The number of aliphatic hydroxyl groups excluding tert-OH is 1. The molecule has 0 bridgehead atoms. The zero-order valence-electron chi connectivity index (χ0n) is 7.84. The molecule has 0 aliphatic carbocycles. The molecule has 0 amide bonds. The van der Waals surface area contributed by atoms with Crippen LogP contribution in [0.4, 0.5) is 4.39 Å². The summed E-state index contributed by atoms with van der Waals surface area (Å²) in [5.41, 5.74) is 6.94. The Morgan fingerprint density at radius 3 is 2.62 bits per heavy atom. The molecule has 1 rings (SSSR count). The molecule has 0 radical (unpaired) electrons. The standard InChI is InChI=1S/C10H14FNO/c1-6-3-4-8(9(13)5-12)7(2)10(6)11/h3-4,9,13H,5,12H2,1-2H3. The lowest BCUT2D eigenvalue weighted by Gasteiger charge is -2.12. The van der Waals surface area contributed by atoms with Crippen LogP contribution in [-0.2, 0) is 0 Å². The van der Waals surface area contributed by atoms with E-state index in [0.717, 1.165) is 0 Å². The molecule has 0 aliphatic heterocycles. The van der Waals surface area contributed by atoms with Gasteiger partial charge in [0, 0.05) is 6.54 Å². The van der Waals surface area contributed by atoms with Gasteiger partial charge in [-0.05, 0) is 30.5 Å². The Kier molecular flexibility index (Phi) is 3.01. The molecule has 72 valence electrons. The zero-order valence-corrected chi connectivity index (χ0v) is 7.84. The molecule has 3 N–H and O–H groups in total. The summed E-state index contributed by atoms with van der Waals surface area (Å²) in [7, 11) is 0. The van der Waals surface area contributed by atoms with Crippen molar-refractivity contribution in [3.63, 3.8) is 0 Å². The predicted molar refractivity (Wildman–Crippen MR) is 49.9 cm³/mol. The van der Waals surface area contributed by atoms with Crippen molar-refractivity contribution < 1.29 is 9.50 Å². The summed E-state index contributed by atoms with van der Waals surface area (Å²) in [5, 5.41) is 9.43. The number of benzene rings is 1. The highest BCUT2D eigenvalue weighted by molar-refractivity contribution is 5.33. The zero-order chi connectivity index (χ0) is 10.0. The Labute approximate surface area is 77.2 Å². The van der Waals surface area contributed by atoms with E-state index in [9.17, 15) is 9.50 Å². The molecule has 0 saturated heterocycles. The second kappa shape index (κ2) is 3.85. The van der Waals surface area contributed by atoms with Gasteiger partial charge in [0.2, 0.25) is 0 Å². The van der Waals surface area contributed by atoms with Crippen molar-refractivity contribution in [3.05, 3.63) is 34.6 Å². The monoisotopic (exact) mass is 183 g/mol. The molecule has 0 saturated carbocycles. The Morgan fingerprint density at radius 1 is 1.46 bits per heavy atom. The maximum absolute atomic E-state index is 13.3. The number of rotatable bonds is 2. The van der Waals surface area contributed by atoms with Crippen molar-refractivity contribution >= 4 is 0 Å². The first-order valence-electron chi connectivity index (χ1n) is 4.21. The molecule has 0 aliphatic rings. The molecular weight excluding hydrogens is 169 g/mol. The molecule has 3 heteroatoms. The summed E-state index contributed by atoms with van der Waals surface area (Å²) in [5.74, 6) is -0.259. The molecule has 0 spiro atoms. The van der Waals surface area contributed by atoms with Crippen LogP contribution in [0.1, 0.15) is 22.8 Å². The van der Waals surface area contributed by atoms with Crippen LogP contribution in [0.5, 0.6) is 0 Å². The van der Waals surface area contributed by atoms with E-state index in [2.05, 4.69) is 0 Å². The number of aryl methyl sites for hydroxylation is 1. The van der Waals surface area contributed by atoms with E-state index in [0.29, 0.717) is 16.7 Å². The maximum atomic E-state index is 13.3. The van der Waals surface area contributed by atoms with Crippen LogP contribution >= 0.6 is 0 Å². The summed E-state index contributed by atoms with van der Waals surface area (Å²) in [4.78, 5) is 0. The van der Waals surface area contributed by atoms with Gasteiger partial charge in [-0.15, -0.1) is 0 Å². The normalized spacial score (nSPS) is 13.0. The topological polar surface area (TPSA) is 46.2 Å². The molecule has 0 fully saturated rings. The van der Waals surface area contributed by atoms with Crippen LogP contribution in [0.3, 0.4) is 0 Å². The maximum Gasteiger partial charge on any atom is 0.129 e.